The van der Waals surface area contributed by atoms with Crippen LogP contribution in [0.5, 0.6) is 0 Å². The Kier molecular flexibility index (Phi) is 4.55. The van der Waals surface area contributed by atoms with Crippen LogP contribution >= 0.6 is 17.1 Å². The number of rotatable bonds is 3. The predicted molar refractivity (Wildman–Crippen MR) is 58.0 cm³/mol. The predicted octanol–water partition coefficient (Wildman–Crippen LogP) is 2.92. The highest BCUT2D eigenvalue weighted by atomic mass is 32.9. The first-order chi connectivity index (χ1) is 5.64. The van der Waals surface area contributed by atoms with E-state index in [0.717, 1.165) is 12.8 Å². The Morgan fingerprint density at radius 3 is 2.50 bits per heavy atom. The van der Waals surface area contributed by atoms with Gasteiger partial charge in [0.05, 0.1) is 6.10 Å². The maximum atomic E-state index is 9.54. The van der Waals surface area contributed by atoms with E-state index in [9.17, 15) is 4.89 Å². The third-order valence-electron chi connectivity index (χ3n) is 2.07. The lowest BCUT2D eigenvalue weighted by atomic mass is 9.98. The largest absolute Gasteiger partial charge is 0.337 e. The van der Waals surface area contributed by atoms with Crippen LogP contribution in [0.25, 0.3) is 0 Å². The van der Waals surface area contributed by atoms with Gasteiger partial charge in [0.25, 0.3) is 0 Å². The Hall–Kier alpha value is 0.920. The minimum atomic E-state index is -2.49. The van der Waals surface area contributed by atoms with Gasteiger partial charge in [-0.05, 0) is 30.9 Å². The molecule has 2 nitrogen and oxygen atoms in total. The topological polar surface area (TPSA) is 29.5 Å². The molecule has 0 radical (unpaired) electrons. The highest BCUT2D eigenvalue weighted by Crippen LogP contribution is 2.56. The molecular weight excluding hydrogens is 211 g/mol. The van der Waals surface area contributed by atoms with Crippen molar-refractivity contribution in [3.05, 3.63) is 0 Å². The molecule has 72 valence electrons. The first-order valence-corrected chi connectivity index (χ1v) is 8.71. The standard InChI is InChI=1S/C7H15O2PS2/c1-12-10(8,11)9-7-5-3-2-4-6-7/h7H,2-6H2,1H3,(H,8,11). The van der Waals surface area contributed by atoms with E-state index in [1.165, 1.54) is 30.6 Å². The highest BCUT2D eigenvalue weighted by Gasteiger charge is 2.21. The SMILES string of the molecule is CSP(O)(=S)OC1CCCCC1. The van der Waals surface area contributed by atoms with Gasteiger partial charge in [0.1, 0.15) is 0 Å². The summed E-state index contributed by atoms with van der Waals surface area (Å²) in [5.41, 5.74) is -2.49. The van der Waals surface area contributed by atoms with Gasteiger partial charge in [-0.3, -0.25) is 0 Å². The molecule has 0 aliphatic heterocycles. The maximum Gasteiger partial charge on any atom is 0.244 e. The summed E-state index contributed by atoms with van der Waals surface area (Å²) in [6.45, 7) is 0. The maximum absolute atomic E-state index is 9.54. The minimum absolute atomic E-state index is 0.224. The van der Waals surface area contributed by atoms with E-state index in [1.54, 1.807) is 0 Å². The van der Waals surface area contributed by atoms with Gasteiger partial charge in [0, 0.05) is 0 Å². The van der Waals surface area contributed by atoms with Crippen molar-refractivity contribution in [2.24, 2.45) is 0 Å². The average molecular weight is 226 g/mol. The van der Waals surface area contributed by atoms with E-state index < -0.39 is 5.69 Å². The molecule has 1 saturated carbocycles. The normalized spacial score (nSPS) is 25.2. The van der Waals surface area contributed by atoms with Gasteiger partial charge in [-0.1, -0.05) is 30.6 Å². The van der Waals surface area contributed by atoms with Gasteiger partial charge in [0.2, 0.25) is 5.69 Å². The van der Waals surface area contributed by atoms with E-state index in [2.05, 4.69) is 0 Å². The quantitative estimate of drug-likeness (QED) is 0.749. The minimum Gasteiger partial charge on any atom is -0.337 e. The number of hydrogen-bond donors (Lipinski definition) is 1. The van der Waals surface area contributed by atoms with Gasteiger partial charge in [-0.25, -0.2) is 0 Å². The molecule has 12 heavy (non-hydrogen) atoms. The van der Waals surface area contributed by atoms with Crippen molar-refractivity contribution in [2.75, 3.05) is 6.26 Å². The molecule has 0 aromatic rings. The van der Waals surface area contributed by atoms with Crippen LogP contribution in [0.4, 0.5) is 0 Å². The fourth-order valence-electron chi connectivity index (χ4n) is 1.40. The van der Waals surface area contributed by atoms with Gasteiger partial charge in [0.15, 0.2) is 0 Å². The van der Waals surface area contributed by atoms with Crippen LogP contribution < -0.4 is 0 Å². The molecular formula is C7H15O2PS2. The van der Waals surface area contributed by atoms with Crippen LogP contribution in [0, 0.1) is 0 Å². The fourth-order valence-corrected chi connectivity index (χ4v) is 3.06. The van der Waals surface area contributed by atoms with Crippen molar-refractivity contribution in [2.45, 2.75) is 38.2 Å². The van der Waals surface area contributed by atoms with Gasteiger partial charge >= 0.3 is 0 Å². The molecule has 5 heteroatoms. The van der Waals surface area contributed by atoms with Gasteiger partial charge in [-0.2, -0.15) is 0 Å². The molecule has 1 aliphatic rings. The molecule has 0 saturated heterocycles. The Bertz CT molecular complexity index is 180. The summed E-state index contributed by atoms with van der Waals surface area (Å²) in [4.78, 5) is 9.54. The van der Waals surface area contributed by atoms with Crippen molar-refractivity contribution >= 4 is 28.9 Å². The third kappa shape index (κ3) is 3.75. The lowest BCUT2D eigenvalue weighted by Gasteiger charge is -2.25. The van der Waals surface area contributed by atoms with Crippen LogP contribution in [-0.4, -0.2) is 17.3 Å². The summed E-state index contributed by atoms with van der Waals surface area (Å²) < 4.78 is 5.47. The molecule has 1 fully saturated rings. The van der Waals surface area contributed by atoms with Crippen LogP contribution in [0.3, 0.4) is 0 Å². The molecule has 0 spiro atoms. The van der Waals surface area contributed by atoms with E-state index >= 15 is 0 Å². The van der Waals surface area contributed by atoms with E-state index in [4.69, 9.17) is 16.3 Å². The zero-order valence-corrected chi connectivity index (χ0v) is 9.76. The lowest BCUT2D eigenvalue weighted by Crippen LogP contribution is -2.14. The van der Waals surface area contributed by atoms with Crippen molar-refractivity contribution in [1.29, 1.82) is 0 Å². The van der Waals surface area contributed by atoms with Crippen molar-refractivity contribution < 1.29 is 9.42 Å². The molecule has 1 unspecified atom stereocenters. The van der Waals surface area contributed by atoms with Gasteiger partial charge in [-0.15, -0.1) is 0 Å². The van der Waals surface area contributed by atoms with E-state index in [-0.39, 0.29) is 6.10 Å². The second kappa shape index (κ2) is 4.97. The molecule has 1 rings (SSSR count). The highest BCUT2D eigenvalue weighted by molar-refractivity contribution is 8.67. The second-order valence-corrected chi connectivity index (χ2v) is 9.29. The third-order valence-corrected chi connectivity index (χ3v) is 6.33. The van der Waals surface area contributed by atoms with Crippen molar-refractivity contribution in [3.8, 4) is 0 Å². The van der Waals surface area contributed by atoms with Gasteiger partial charge < -0.3 is 9.42 Å². The summed E-state index contributed by atoms with van der Waals surface area (Å²) in [6, 6.07) is 0. The molecule has 0 aromatic heterocycles. The summed E-state index contributed by atoms with van der Waals surface area (Å²) in [5, 5.41) is 0. The Labute approximate surface area is 83.0 Å². The molecule has 0 amide bonds. The van der Waals surface area contributed by atoms with E-state index in [1.807, 2.05) is 6.26 Å². The molecule has 1 aliphatic carbocycles. The van der Waals surface area contributed by atoms with Crippen LogP contribution in [-0.2, 0) is 16.3 Å². The number of hydrogen-bond acceptors (Lipinski definition) is 3. The Morgan fingerprint density at radius 1 is 1.42 bits per heavy atom. The second-order valence-electron chi connectivity index (χ2n) is 3.02. The van der Waals surface area contributed by atoms with Crippen LogP contribution in [0.2, 0.25) is 0 Å². The fraction of sp³-hybridized carbons (Fsp3) is 1.00. The zero-order chi connectivity index (χ0) is 9.03. The summed E-state index contributed by atoms with van der Waals surface area (Å²) in [7, 11) is 0. The molecule has 0 aromatic carbocycles. The van der Waals surface area contributed by atoms with E-state index in [0.29, 0.717) is 0 Å². The first kappa shape index (κ1) is 11.0. The van der Waals surface area contributed by atoms with Crippen LogP contribution in [0.15, 0.2) is 0 Å². The lowest BCUT2D eigenvalue weighted by molar-refractivity contribution is 0.161. The summed E-state index contributed by atoms with van der Waals surface area (Å²) >= 11 is 6.21. The summed E-state index contributed by atoms with van der Waals surface area (Å²) in [6.07, 6.45) is 7.90. The van der Waals surface area contributed by atoms with Crippen molar-refractivity contribution in [1.82, 2.24) is 0 Å². The molecule has 1 atom stereocenters. The molecule has 0 bridgehead atoms. The Balaban J connectivity index is 2.34. The Morgan fingerprint density at radius 2 is 2.00 bits per heavy atom. The van der Waals surface area contributed by atoms with Crippen molar-refractivity contribution in [3.63, 3.8) is 0 Å². The zero-order valence-electron chi connectivity index (χ0n) is 7.23. The smallest absolute Gasteiger partial charge is 0.244 e. The average Bonchev–Trinajstić information content (AvgIpc) is 2.06. The molecule has 0 heterocycles. The molecule has 1 N–H and O–H groups in total. The summed E-state index contributed by atoms with van der Waals surface area (Å²) in [5.74, 6) is 0. The first-order valence-electron chi connectivity index (χ1n) is 4.21. The monoisotopic (exact) mass is 226 g/mol. The van der Waals surface area contributed by atoms with Crippen LogP contribution in [0.1, 0.15) is 32.1 Å².